The Bertz CT molecular complexity index is 440. The first kappa shape index (κ1) is 16.9. The highest BCUT2D eigenvalue weighted by atomic mass is 32.2. The second kappa shape index (κ2) is 7.58. The Morgan fingerprint density at radius 3 is 2.60 bits per heavy atom. The molecule has 1 N–H and O–H groups in total. The molecule has 0 aliphatic rings. The summed E-state index contributed by atoms with van der Waals surface area (Å²) in [6, 6.07) is 7.72. The number of carbonyl (C=O) groups is 1. The van der Waals surface area contributed by atoms with Crippen LogP contribution in [0, 0.1) is 6.92 Å². The molecule has 112 valence electrons. The van der Waals surface area contributed by atoms with Gasteiger partial charge in [-0.05, 0) is 25.5 Å². The molecule has 0 bridgehead atoms. The highest BCUT2D eigenvalue weighted by Gasteiger charge is 2.15. The van der Waals surface area contributed by atoms with Gasteiger partial charge in [0, 0.05) is 17.0 Å². The van der Waals surface area contributed by atoms with E-state index < -0.39 is 6.10 Å². The van der Waals surface area contributed by atoms with Gasteiger partial charge in [-0.3, -0.25) is 4.79 Å². The second-order valence-electron chi connectivity index (χ2n) is 5.78. The molecular formula is C16H25NO2S. The maximum atomic E-state index is 11.9. The van der Waals surface area contributed by atoms with E-state index in [-0.39, 0.29) is 10.7 Å². The van der Waals surface area contributed by atoms with Gasteiger partial charge in [0.25, 0.3) is 5.91 Å². The van der Waals surface area contributed by atoms with Gasteiger partial charge in [0.2, 0.25) is 0 Å². The van der Waals surface area contributed by atoms with Crippen LogP contribution in [-0.4, -0.2) is 29.1 Å². The van der Waals surface area contributed by atoms with Gasteiger partial charge in [-0.1, -0.05) is 39.0 Å². The van der Waals surface area contributed by atoms with E-state index in [2.05, 4.69) is 26.1 Å². The van der Waals surface area contributed by atoms with Crippen LogP contribution in [0.15, 0.2) is 24.3 Å². The van der Waals surface area contributed by atoms with Gasteiger partial charge < -0.3 is 10.1 Å². The monoisotopic (exact) mass is 295 g/mol. The molecule has 0 radical (unpaired) electrons. The highest BCUT2D eigenvalue weighted by Crippen LogP contribution is 2.22. The summed E-state index contributed by atoms with van der Waals surface area (Å²) in [6.07, 6.45) is -0.476. The van der Waals surface area contributed by atoms with Crippen molar-refractivity contribution < 1.29 is 9.53 Å². The van der Waals surface area contributed by atoms with E-state index in [1.54, 1.807) is 6.92 Å². The third kappa shape index (κ3) is 6.33. The van der Waals surface area contributed by atoms with E-state index in [9.17, 15) is 4.79 Å². The van der Waals surface area contributed by atoms with Gasteiger partial charge >= 0.3 is 0 Å². The zero-order valence-electron chi connectivity index (χ0n) is 13.0. The summed E-state index contributed by atoms with van der Waals surface area (Å²) in [5.41, 5.74) is 1.04. The maximum Gasteiger partial charge on any atom is 0.260 e. The van der Waals surface area contributed by atoms with Crippen molar-refractivity contribution in [1.82, 2.24) is 5.32 Å². The molecule has 1 aromatic carbocycles. The molecule has 1 atom stereocenters. The van der Waals surface area contributed by atoms with E-state index in [1.165, 1.54) is 0 Å². The van der Waals surface area contributed by atoms with Gasteiger partial charge in [-0.2, -0.15) is 11.8 Å². The Labute approximate surface area is 126 Å². The summed E-state index contributed by atoms with van der Waals surface area (Å²) >= 11 is 1.84. The predicted octanol–water partition coefficient (Wildman–Crippen LogP) is 3.41. The Balaban J connectivity index is 2.35. The summed E-state index contributed by atoms with van der Waals surface area (Å²) in [6.45, 7) is 10.9. The molecule has 20 heavy (non-hydrogen) atoms. The van der Waals surface area contributed by atoms with E-state index in [4.69, 9.17) is 4.74 Å². The predicted molar refractivity (Wildman–Crippen MR) is 86.5 cm³/mol. The molecule has 1 rings (SSSR count). The van der Waals surface area contributed by atoms with Crippen molar-refractivity contribution in [1.29, 1.82) is 0 Å². The van der Waals surface area contributed by atoms with Crippen LogP contribution in [0.1, 0.15) is 33.3 Å². The number of carbonyl (C=O) groups excluding carboxylic acids is 1. The lowest BCUT2D eigenvalue weighted by Crippen LogP contribution is -2.37. The smallest absolute Gasteiger partial charge is 0.260 e. The summed E-state index contributed by atoms with van der Waals surface area (Å²) in [5, 5.41) is 2.91. The lowest BCUT2D eigenvalue weighted by molar-refractivity contribution is -0.127. The van der Waals surface area contributed by atoms with Crippen LogP contribution < -0.4 is 10.1 Å². The zero-order valence-corrected chi connectivity index (χ0v) is 13.8. The molecule has 0 unspecified atom stereocenters. The number of hydrogen-bond acceptors (Lipinski definition) is 3. The maximum absolute atomic E-state index is 11.9. The number of amides is 1. The van der Waals surface area contributed by atoms with Crippen LogP contribution in [0.25, 0.3) is 0 Å². The van der Waals surface area contributed by atoms with E-state index in [1.807, 2.05) is 43.0 Å². The molecule has 4 heteroatoms. The molecule has 0 aliphatic heterocycles. The molecule has 0 heterocycles. The molecule has 1 amide bonds. The van der Waals surface area contributed by atoms with Gasteiger partial charge in [0.05, 0.1) is 0 Å². The third-order valence-electron chi connectivity index (χ3n) is 2.70. The number of nitrogens with one attached hydrogen (secondary N) is 1. The zero-order chi connectivity index (χ0) is 15.2. The minimum Gasteiger partial charge on any atom is -0.481 e. The summed E-state index contributed by atoms with van der Waals surface area (Å²) in [7, 11) is 0. The van der Waals surface area contributed by atoms with Crippen molar-refractivity contribution >= 4 is 17.7 Å². The fourth-order valence-electron chi connectivity index (χ4n) is 1.61. The van der Waals surface area contributed by atoms with Crippen molar-refractivity contribution in [3.8, 4) is 5.75 Å². The summed E-state index contributed by atoms with van der Waals surface area (Å²) in [5.74, 6) is 1.61. The largest absolute Gasteiger partial charge is 0.481 e. The molecule has 3 nitrogen and oxygen atoms in total. The summed E-state index contributed by atoms with van der Waals surface area (Å²) in [4.78, 5) is 11.9. The standard InChI is InChI=1S/C16H25NO2S/c1-12-8-6-7-9-14(12)19-13(2)15(18)17-10-11-20-16(3,4)5/h6-9,13H,10-11H2,1-5H3,(H,17,18)/t13-/m0/s1. The first-order valence-corrected chi connectivity index (χ1v) is 7.92. The van der Waals surface area contributed by atoms with E-state index in [0.717, 1.165) is 17.1 Å². The van der Waals surface area contributed by atoms with E-state index in [0.29, 0.717) is 6.54 Å². The number of ether oxygens (including phenoxy) is 1. The van der Waals surface area contributed by atoms with Crippen molar-refractivity contribution in [3.63, 3.8) is 0 Å². The van der Waals surface area contributed by atoms with E-state index >= 15 is 0 Å². The van der Waals surface area contributed by atoms with Gasteiger partial charge in [0.15, 0.2) is 6.10 Å². The SMILES string of the molecule is Cc1ccccc1O[C@@H](C)C(=O)NCCSC(C)(C)C. The summed E-state index contributed by atoms with van der Waals surface area (Å²) < 4.78 is 5.92. The van der Waals surface area contributed by atoms with Gasteiger partial charge in [0.1, 0.15) is 5.75 Å². The fraction of sp³-hybridized carbons (Fsp3) is 0.562. The molecule has 0 aromatic heterocycles. The normalized spacial score (nSPS) is 12.8. The van der Waals surface area contributed by atoms with Crippen LogP contribution in [0.3, 0.4) is 0 Å². The lowest BCUT2D eigenvalue weighted by atomic mass is 10.2. The quantitative estimate of drug-likeness (QED) is 0.817. The van der Waals surface area contributed by atoms with Crippen LogP contribution in [0.2, 0.25) is 0 Å². The first-order chi connectivity index (χ1) is 9.29. The van der Waals surface area contributed by atoms with Crippen LogP contribution in [0.5, 0.6) is 5.75 Å². The Kier molecular flexibility index (Phi) is 6.40. The average Bonchev–Trinajstić information content (AvgIpc) is 2.36. The molecule has 0 aliphatic carbocycles. The number of rotatable bonds is 6. The minimum atomic E-state index is -0.476. The van der Waals surface area contributed by atoms with Crippen LogP contribution >= 0.6 is 11.8 Å². The van der Waals surface area contributed by atoms with Crippen molar-refractivity contribution in [2.75, 3.05) is 12.3 Å². The lowest BCUT2D eigenvalue weighted by Gasteiger charge is -2.19. The minimum absolute atomic E-state index is 0.0669. The second-order valence-corrected chi connectivity index (χ2v) is 7.70. The molecular weight excluding hydrogens is 270 g/mol. The first-order valence-electron chi connectivity index (χ1n) is 6.93. The number of thioether (sulfide) groups is 1. The number of para-hydroxylation sites is 1. The number of aryl methyl sites for hydroxylation is 1. The van der Waals surface area contributed by atoms with Crippen molar-refractivity contribution in [2.45, 2.75) is 45.5 Å². The Morgan fingerprint density at radius 2 is 2.00 bits per heavy atom. The number of hydrogen-bond donors (Lipinski definition) is 1. The number of benzene rings is 1. The average molecular weight is 295 g/mol. The van der Waals surface area contributed by atoms with Gasteiger partial charge in [-0.15, -0.1) is 0 Å². The van der Waals surface area contributed by atoms with Crippen molar-refractivity contribution in [3.05, 3.63) is 29.8 Å². The fourth-order valence-corrected chi connectivity index (χ4v) is 2.42. The molecule has 0 saturated carbocycles. The molecule has 0 fully saturated rings. The molecule has 1 aromatic rings. The van der Waals surface area contributed by atoms with Crippen LogP contribution in [0.4, 0.5) is 0 Å². The van der Waals surface area contributed by atoms with Crippen molar-refractivity contribution in [2.24, 2.45) is 0 Å². The van der Waals surface area contributed by atoms with Gasteiger partial charge in [-0.25, -0.2) is 0 Å². The molecule has 0 spiro atoms. The Morgan fingerprint density at radius 1 is 1.35 bits per heavy atom. The molecule has 0 saturated heterocycles. The van der Waals surface area contributed by atoms with Crippen LogP contribution in [-0.2, 0) is 4.79 Å². The highest BCUT2D eigenvalue weighted by molar-refractivity contribution is 8.00. The third-order valence-corrected chi connectivity index (χ3v) is 3.98. The topological polar surface area (TPSA) is 38.3 Å². The Hall–Kier alpha value is -1.16.